The highest BCUT2D eigenvalue weighted by atomic mass is 32.2. The van der Waals surface area contributed by atoms with Gasteiger partial charge in [0, 0.05) is 31.7 Å². The summed E-state index contributed by atoms with van der Waals surface area (Å²) in [6.45, 7) is 0.560. The highest BCUT2D eigenvalue weighted by Gasteiger charge is 2.48. The van der Waals surface area contributed by atoms with Crippen molar-refractivity contribution in [2.24, 2.45) is 0 Å². The third-order valence-electron chi connectivity index (χ3n) is 4.86. The number of amides is 1. The zero-order valence-electron chi connectivity index (χ0n) is 13.8. The van der Waals surface area contributed by atoms with Gasteiger partial charge in [0.05, 0.1) is 30.3 Å². The summed E-state index contributed by atoms with van der Waals surface area (Å²) >= 11 is 0. The quantitative estimate of drug-likeness (QED) is 0.667. The molecule has 138 valence electrons. The molecule has 3 rings (SSSR count). The summed E-state index contributed by atoms with van der Waals surface area (Å²) in [4.78, 5) is 26.9. The number of carbonyl (C=O) groups is 2. The van der Waals surface area contributed by atoms with Gasteiger partial charge in [0.1, 0.15) is 0 Å². The Balaban J connectivity index is 1.63. The Morgan fingerprint density at radius 2 is 2.04 bits per heavy atom. The van der Waals surface area contributed by atoms with Crippen LogP contribution in [0.2, 0.25) is 0 Å². The molecular weight excluding hydrogens is 348 g/mol. The SMILES string of the molecule is O=C(O)CN1CCN(C(=O)CCCc2cn[nH]c2)[C@H]2CS(=O)(=O)C[C@H]21. The van der Waals surface area contributed by atoms with E-state index in [4.69, 9.17) is 5.11 Å². The summed E-state index contributed by atoms with van der Waals surface area (Å²) in [6, 6.07) is -0.868. The number of H-pyrrole nitrogens is 1. The van der Waals surface area contributed by atoms with Gasteiger partial charge in [-0.2, -0.15) is 5.10 Å². The van der Waals surface area contributed by atoms with E-state index in [1.165, 1.54) is 0 Å². The number of piperazine rings is 1. The van der Waals surface area contributed by atoms with Gasteiger partial charge < -0.3 is 10.0 Å². The number of fused-ring (bicyclic) bond motifs is 1. The van der Waals surface area contributed by atoms with E-state index in [0.29, 0.717) is 25.9 Å². The Labute approximate surface area is 145 Å². The second-order valence-electron chi connectivity index (χ2n) is 6.62. The Hall–Kier alpha value is -1.94. The first kappa shape index (κ1) is 17.9. The molecule has 2 N–H and O–H groups in total. The molecule has 3 heterocycles. The molecule has 10 heteroatoms. The Morgan fingerprint density at radius 3 is 2.72 bits per heavy atom. The second-order valence-corrected chi connectivity index (χ2v) is 8.78. The average Bonchev–Trinajstić information content (AvgIpc) is 3.13. The number of hydrogen-bond acceptors (Lipinski definition) is 6. The van der Waals surface area contributed by atoms with Gasteiger partial charge in [-0.1, -0.05) is 0 Å². The first-order chi connectivity index (χ1) is 11.9. The minimum Gasteiger partial charge on any atom is -0.480 e. The lowest BCUT2D eigenvalue weighted by molar-refractivity contribution is -0.142. The highest BCUT2D eigenvalue weighted by molar-refractivity contribution is 7.91. The van der Waals surface area contributed by atoms with Crippen LogP contribution in [0.5, 0.6) is 0 Å². The Bertz CT molecular complexity index is 733. The fraction of sp³-hybridized carbons (Fsp3) is 0.667. The van der Waals surface area contributed by atoms with Gasteiger partial charge in [0.25, 0.3) is 0 Å². The summed E-state index contributed by atoms with van der Waals surface area (Å²) in [7, 11) is -3.26. The van der Waals surface area contributed by atoms with E-state index >= 15 is 0 Å². The standard InChI is InChI=1S/C15H22N4O5S/c20-14(3-1-2-11-6-16-17-7-11)19-5-4-18(8-15(21)22)12-9-25(23,24)10-13(12)19/h6-7,12-13H,1-5,8-10H2,(H,16,17)(H,21,22)/t12-,13+/m1/s1. The molecule has 2 atom stereocenters. The number of aromatic amines is 1. The van der Waals surface area contributed by atoms with Gasteiger partial charge in [0.2, 0.25) is 5.91 Å². The van der Waals surface area contributed by atoms with Crippen LogP contribution in [0.3, 0.4) is 0 Å². The van der Waals surface area contributed by atoms with Crippen molar-refractivity contribution in [1.29, 1.82) is 0 Å². The maximum Gasteiger partial charge on any atom is 0.317 e. The molecule has 0 unspecified atom stereocenters. The number of rotatable bonds is 6. The maximum absolute atomic E-state index is 12.6. The summed E-state index contributed by atoms with van der Waals surface area (Å²) < 4.78 is 24.1. The lowest BCUT2D eigenvalue weighted by Gasteiger charge is -2.43. The molecule has 9 nitrogen and oxygen atoms in total. The summed E-state index contributed by atoms with van der Waals surface area (Å²) in [5.74, 6) is -1.21. The van der Waals surface area contributed by atoms with Gasteiger partial charge in [-0.25, -0.2) is 8.42 Å². The van der Waals surface area contributed by atoms with Crippen LogP contribution in [0.1, 0.15) is 18.4 Å². The molecule has 2 saturated heterocycles. The van der Waals surface area contributed by atoms with Gasteiger partial charge >= 0.3 is 5.97 Å². The van der Waals surface area contributed by atoms with Gasteiger partial charge in [0.15, 0.2) is 9.84 Å². The molecule has 2 aliphatic rings. The molecule has 25 heavy (non-hydrogen) atoms. The van der Waals surface area contributed by atoms with E-state index in [1.807, 2.05) is 0 Å². The first-order valence-electron chi connectivity index (χ1n) is 8.29. The zero-order chi connectivity index (χ0) is 18.0. The van der Waals surface area contributed by atoms with Crippen LogP contribution in [-0.2, 0) is 25.8 Å². The number of carboxylic acid groups (broad SMARTS) is 1. The van der Waals surface area contributed by atoms with Crippen LogP contribution in [0.15, 0.2) is 12.4 Å². The molecule has 1 aromatic rings. The van der Waals surface area contributed by atoms with E-state index in [-0.39, 0.29) is 24.0 Å². The number of nitrogens with zero attached hydrogens (tertiary/aromatic N) is 3. The lowest BCUT2D eigenvalue weighted by Crippen LogP contribution is -2.61. The number of carboxylic acids is 1. The smallest absolute Gasteiger partial charge is 0.317 e. The van der Waals surface area contributed by atoms with Crippen molar-refractivity contribution in [1.82, 2.24) is 20.0 Å². The largest absolute Gasteiger partial charge is 0.480 e. The molecule has 0 spiro atoms. The fourth-order valence-corrected chi connectivity index (χ4v) is 5.72. The third kappa shape index (κ3) is 4.18. The van der Waals surface area contributed by atoms with Crippen molar-refractivity contribution in [3.05, 3.63) is 18.0 Å². The molecular formula is C15H22N4O5S. The molecule has 0 radical (unpaired) electrons. The van der Waals surface area contributed by atoms with Crippen molar-refractivity contribution in [3.63, 3.8) is 0 Å². The average molecular weight is 370 g/mol. The number of sulfone groups is 1. The van der Waals surface area contributed by atoms with E-state index in [0.717, 1.165) is 12.0 Å². The molecule has 2 fully saturated rings. The summed E-state index contributed by atoms with van der Waals surface area (Å²) in [5, 5.41) is 15.6. The normalized spacial score (nSPS) is 25.7. The lowest BCUT2D eigenvalue weighted by atomic mass is 10.0. The summed E-state index contributed by atoms with van der Waals surface area (Å²) in [5.41, 5.74) is 1.03. The zero-order valence-corrected chi connectivity index (χ0v) is 14.6. The Morgan fingerprint density at radius 1 is 1.28 bits per heavy atom. The van der Waals surface area contributed by atoms with Crippen LogP contribution >= 0.6 is 0 Å². The van der Waals surface area contributed by atoms with Crippen LogP contribution < -0.4 is 0 Å². The van der Waals surface area contributed by atoms with Gasteiger partial charge in [-0.3, -0.25) is 19.6 Å². The van der Waals surface area contributed by atoms with Gasteiger partial charge in [-0.15, -0.1) is 0 Å². The van der Waals surface area contributed by atoms with Crippen LogP contribution in [0, 0.1) is 0 Å². The maximum atomic E-state index is 12.6. The van der Waals surface area contributed by atoms with Crippen molar-refractivity contribution in [3.8, 4) is 0 Å². The van der Waals surface area contributed by atoms with Crippen molar-refractivity contribution < 1.29 is 23.1 Å². The predicted octanol–water partition coefficient (Wildman–Crippen LogP) is -0.873. The molecule has 2 aliphatic heterocycles. The molecule has 0 aromatic carbocycles. The minimum absolute atomic E-state index is 0.0643. The van der Waals surface area contributed by atoms with E-state index in [1.54, 1.807) is 22.2 Å². The first-order valence-corrected chi connectivity index (χ1v) is 10.1. The predicted molar refractivity (Wildman–Crippen MR) is 88.7 cm³/mol. The molecule has 1 aromatic heterocycles. The van der Waals surface area contributed by atoms with Crippen LogP contribution in [-0.4, -0.2) is 88.6 Å². The monoisotopic (exact) mass is 370 g/mol. The number of nitrogens with one attached hydrogen (secondary N) is 1. The van der Waals surface area contributed by atoms with Crippen LogP contribution in [0.25, 0.3) is 0 Å². The third-order valence-corrected chi connectivity index (χ3v) is 6.56. The summed E-state index contributed by atoms with van der Waals surface area (Å²) in [6.07, 6.45) is 5.24. The molecule has 0 bridgehead atoms. The topological polar surface area (TPSA) is 124 Å². The Kier molecular flexibility index (Phi) is 5.09. The van der Waals surface area contributed by atoms with Crippen molar-refractivity contribution >= 4 is 21.7 Å². The molecule has 0 saturated carbocycles. The molecule has 1 amide bonds. The number of aromatic nitrogens is 2. The fourth-order valence-electron chi connectivity index (χ4n) is 3.71. The van der Waals surface area contributed by atoms with Crippen molar-refractivity contribution in [2.45, 2.75) is 31.3 Å². The van der Waals surface area contributed by atoms with Gasteiger partial charge in [-0.05, 0) is 18.4 Å². The number of aliphatic carboxylic acids is 1. The van der Waals surface area contributed by atoms with E-state index in [9.17, 15) is 18.0 Å². The van der Waals surface area contributed by atoms with E-state index in [2.05, 4.69) is 10.2 Å². The number of aryl methyl sites for hydroxylation is 1. The minimum atomic E-state index is -3.26. The highest BCUT2D eigenvalue weighted by Crippen LogP contribution is 2.27. The number of carbonyl (C=O) groups excluding carboxylic acids is 1. The second kappa shape index (κ2) is 7.12. The van der Waals surface area contributed by atoms with Crippen LogP contribution in [0.4, 0.5) is 0 Å². The number of hydrogen-bond donors (Lipinski definition) is 2. The van der Waals surface area contributed by atoms with Crippen molar-refractivity contribution in [2.75, 3.05) is 31.1 Å². The van der Waals surface area contributed by atoms with E-state index < -0.39 is 27.9 Å². The molecule has 0 aliphatic carbocycles.